The lowest BCUT2D eigenvalue weighted by Gasteiger charge is -2.02. The van der Waals surface area contributed by atoms with Crippen LogP contribution in [0.5, 0.6) is 5.75 Å². The van der Waals surface area contributed by atoms with Crippen LogP contribution in [0.15, 0.2) is 30.3 Å². The van der Waals surface area contributed by atoms with Gasteiger partial charge in [-0.25, -0.2) is 0 Å². The summed E-state index contributed by atoms with van der Waals surface area (Å²) in [6.07, 6.45) is 0. The monoisotopic (exact) mass is 222 g/mol. The Kier molecular flexibility index (Phi) is 12.9. The highest BCUT2D eigenvalue weighted by atomic mass is 35.5. The van der Waals surface area contributed by atoms with Crippen LogP contribution in [-0.4, -0.2) is 23.4 Å². The van der Waals surface area contributed by atoms with Gasteiger partial charge >= 0.3 is 0 Å². The molecule has 0 unspecified atom stereocenters. The average Bonchev–Trinajstić information content (AvgIpc) is 2.03. The van der Waals surface area contributed by atoms with Gasteiger partial charge in [0.25, 0.3) is 0 Å². The molecule has 0 aliphatic rings. The molecule has 0 aliphatic heterocycles. The molecule has 0 heterocycles. The smallest absolute Gasteiger partial charge is 0.145 e. The third-order valence-corrected chi connectivity index (χ3v) is 1.14. The first-order valence-electron chi connectivity index (χ1n) is 3.30. The lowest BCUT2D eigenvalue weighted by molar-refractivity contribution is 0.374. The minimum atomic E-state index is 0. The summed E-state index contributed by atoms with van der Waals surface area (Å²) >= 11 is 0. The van der Waals surface area contributed by atoms with E-state index in [0.717, 1.165) is 5.75 Å². The Hall–Kier alpha value is -1.30. The van der Waals surface area contributed by atoms with Crippen LogP contribution in [0.25, 0.3) is 0 Å². The largest absolute Gasteiger partial charge is 0.486 e. The summed E-state index contributed by atoms with van der Waals surface area (Å²) in [5.74, 6) is 0.775. The van der Waals surface area contributed by atoms with Gasteiger partial charge in [0.1, 0.15) is 18.2 Å². The molecule has 0 radical (unpaired) electrons. The molecular formula is C8H15ClN2O3. The number of hydrogen-bond acceptors (Lipinski definition) is 2. The summed E-state index contributed by atoms with van der Waals surface area (Å²) < 4.78 is 5.12. The van der Waals surface area contributed by atoms with Crippen molar-refractivity contribution in [2.45, 2.75) is 0 Å². The maximum absolute atomic E-state index is 6.90. The van der Waals surface area contributed by atoms with Gasteiger partial charge in [0.15, 0.2) is 0 Å². The zero-order valence-corrected chi connectivity index (χ0v) is 8.30. The fraction of sp³-hybridized carbons (Fsp3) is 0.125. The first-order valence-corrected chi connectivity index (χ1v) is 3.30. The number of ether oxygens (including phenoxy) is 1. The summed E-state index contributed by atoms with van der Waals surface area (Å²) in [6, 6.07) is 9.29. The Morgan fingerprint density at radius 1 is 1.21 bits per heavy atom. The number of benzene rings is 1. The highest BCUT2D eigenvalue weighted by Gasteiger charge is 1.91. The zero-order chi connectivity index (χ0) is 8.10. The molecule has 6 heteroatoms. The molecule has 0 fully saturated rings. The highest BCUT2D eigenvalue weighted by Crippen LogP contribution is 2.07. The quantitative estimate of drug-likeness (QED) is 0.542. The van der Waals surface area contributed by atoms with Gasteiger partial charge in [-0.2, -0.15) is 0 Å². The van der Waals surface area contributed by atoms with Crippen molar-refractivity contribution in [1.82, 2.24) is 0 Å². The highest BCUT2D eigenvalue weighted by molar-refractivity contribution is 5.85. The molecule has 0 aromatic heterocycles. The van der Waals surface area contributed by atoms with E-state index in [0.29, 0.717) is 0 Å². The second-order valence-electron chi connectivity index (χ2n) is 2.13. The van der Waals surface area contributed by atoms with Gasteiger partial charge in [0.05, 0.1) is 0 Å². The van der Waals surface area contributed by atoms with Crippen LogP contribution in [0.4, 0.5) is 0 Å². The summed E-state index contributed by atoms with van der Waals surface area (Å²) in [5, 5.41) is 6.90. The molecule has 14 heavy (non-hydrogen) atoms. The summed E-state index contributed by atoms with van der Waals surface area (Å²) in [6.45, 7) is 0.157. The standard InChI is InChI=1S/C8H10N2O.ClH.2H2O/c9-8(10)6-11-7-4-2-1-3-5-7;;;/h1-5H,6H2,(H3,9,10);1H;2*1H2. The van der Waals surface area contributed by atoms with Gasteiger partial charge < -0.3 is 21.4 Å². The average molecular weight is 223 g/mol. The SMILES string of the molecule is Cl.N=C(N)COc1ccccc1.O.O. The summed E-state index contributed by atoms with van der Waals surface area (Å²) in [4.78, 5) is 0. The predicted octanol–water partition coefficient (Wildman–Crippen LogP) is -0.226. The Morgan fingerprint density at radius 3 is 2.14 bits per heavy atom. The van der Waals surface area contributed by atoms with E-state index in [1.54, 1.807) is 0 Å². The van der Waals surface area contributed by atoms with Gasteiger partial charge in [0, 0.05) is 0 Å². The molecule has 0 spiro atoms. The van der Waals surface area contributed by atoms with Crippen LogP contribution in [0, 0.1) is 5.41 Å². The van der Waals surface area contributed by atoms with Gasteiger partial charge in [-0.1, -0.05) is 18.2 Å². The second-order valence-corrected chi connectivity index (χ2v) is 2.13. The maximum atomic E-state index is 6.90. The molecule has 0 bridgehead atoms. The topological polar surface area (TPSA) is 122 Å². The van der Waals surface area contributed by atoms with Crippen molar-refractivity contribution in [3.05, 3.63) is 30.3 Å². The van der Waals surface area contributed by atoms with E-state index in [4.69, 9.17) is 15.9 Å². The van der Waals surface area contributed by atoms with E-state index in [-0.39, 0.29) is 35.8 Å². The van der Waals surface area contributed by atoms with E-state index < -0.39 is 0 Å². The number of halogens is 1. The van der Waals surface area contributed by atoms with Crippen molar-refractivity contribution in [3.63, 3.8) is 0 Å². The number of amidine groups is 1. The van der Waals surface area contributed by atoms with Crippen molar-refractivity contribution in [1.29, 1.82) is 5.41 Å². The summed E-state index contributed by atoms with van der Waals surface area (Å²) in [7, 11) is 0. The Labute approximate surface area is 88.4 Å². The molecule has 0 amide bonds. The van der Waals surface area contributed by atoms with Gasteiger partial charge in [-0.15, -0.1) is 12.4 Å². The van der Waals surface area contributed by atoms with Gasteiger partial charge in [-0.3, -0.25) is 5.41 Å². The number of hydrogen-bond donors (Lipinski definition) is 2. The van der Waals surface area contributed by atoms with Crippen molar-refractivity contribution < 1.29 is 15.7 Å². The number of para-hydroxylation sites is 1. The van der Waals surface area contributed by atoms with Crippen molar-refractivity contribution in [2.75, 3.05) is 6.61 Å². The third kappa shape index (κ3) is 7.35. The van der Waals surface area contributed by atoms with E-state index in [1.807, 2.05) is 30.3 Å². The van der Waals surface area contributed by atoms with Crippen LogP contribution in [-0.2, 0) is 0 Å². The van der Waals surface area contributed by atoms with Crippen molar-refractivity contribution >= 4 is 18.2 Å². The maximum Gasteiger partial charge on any atom is 0.145 e. The van der Waals surface area contributed by atoms with Crippen molar-refractivity contribution in [2.24, 2.45) is 5.73 Å². The predicted molar refractivity (Wildman–Crippen MR) is 58.3 cm³/mol. The molecule has 82 valence electrons. The first kappa shape index (κ1) is 18.5. The van der Waals surface area contributed by atoms with Gasteiger partial charge in [-0.05, 0) is 12.1 Å². The van der Waals surface area contributed by atoms with E-state index >= 15 is 0 Å². The van der Waals surface area contributed by atoms with E-state index in [2.05, 4.69) is 0 Å². The minimum Gasteiger partial charge on any atom is -0.486 e. The fourth-order valence-electron chi connectivity index (χ4n) is 0.678. The lowest BCUT2D eigenvalue weighted by atomic mass is 10.3. The van der Waals surface area contributed by atoms with Crippen LogP contribution in [0.1, 0.15) is 0 Å². The minimum absolute atomic E-state index is 0. The Bertz CT molecular complexity index is 244. The molecule has 5 nitrogen and oxygen atoms in total. The molecule has 1 rings (SSSR count). The second kappa shape index (κ2) is 9.79. The van der Waals surface area contributed by atoms with Crippen LogP contribution < -0.4 is 10.5 Å². The Morgan fingerprint density at radius 2 is 1.71 bits per heavy atom. The normalized spacial score (nSPS) is 7.14. The van der Waals surface area contributed by atoms with Gasteiger partial charge in [0.2, 0.25) is 0 Å². The van der Waals surface area contributed by atoms with Crippen LogP contribution in [0.2, 0.25) is 0 Å². The summed E-state index contributed by atoms with van der Waals surface area (Å²) in [5.41, 5.74) is 5.10. The molecule has 1 aromatic rings. The fourth-order valence-corrected chi connectivity index (χ4v) is 0.678. The molecule has 0 saturated heterocycles. The number of rotatable bonds is 3. The van der Waals surface area contributed by atoms with E-state index in [9.17, 15) is 0 Å². The molecule has 1 aromatic carbocycles. The van der Waals surface area contributed by atoms with Crippen LogP contribution in [0.3, 0.4) is 0 Å². The zero-order valence-electron chi connectivity index (χ0n) is 7.49. The van der Waals surface area contributed by atoms with E-state index in [1.165, 1.54) is 0 Å². The third-order valence-electron chi connectivity index (χ3n) is 1.14. The number of nitrogens with one attached hydrogen (secondary N) is 1. The molecule has 0 saturated carbocycles. The molecule has 7 N–H and O–H groups in total. The lowest BCUT2D eigenvalue weighted by Crippen LogP contribution is -2.19. The number of nitrogens with two attached hydrogens (primary N) is 1. The molecule has 0 atom stereocenters. The van der Waals surface area contributed by atoms with Crippen LogP contribution >= 0.6 is 12.4 Å². The molecule has 0 aliphatic carbocycles. The molecular weight excluding hydrogens is 208 g/mol. The first-order chi connectivity index (χ1) is 5.29. The Balaban J connectivity index is -0.000000403. The van der Waals surface area contributed by atoms with Crippen molar-refractivity contribution in [3.8, 4) is 5.75 Å².